The van der Waals surface area contributed by atoms with Gasteiger partial charge in [-0.1, -0.05) is 27.7 Å². The Morgan fingerprint density at radius 3 is 2.43 bits per heavy atom. The maximum absolute atomic E-state index is 11.2. The molecule has 14 heavy (non-hydrogen) atoms. The van der Waals surface area contributed by atoms with Crippen molar-refractivity contribution in [1.82, 2.24) is 5.32 Å². The number of hydrogen-bond donors (Lipinski definition) is 1. The first-order chi connectivity index (χ1) is 6.61. The molecule has 0 aromatic rings. The molecule has 0 radical (unpaired) electrons. The molecule has 0 saturated carbocycles. The van der Waals surface area contributed by atoms with Crippen molar-refractivity contribution in [3.05, 3.63) is 0 Å². The Hall–Kier alpha value is -0.570. The Morgan fingerprint density at radius 1 is 1.36 bits per heavy atom. The van der Waals surface area contributed by atoms with Gasteiger partial charge in [-0.05, 0) is 19.4 Å². The summed E-state index contributed by atoms with van der Waals surface area (Å²) in [6.07, 6.45) is 2.10. The number of esters is 1. The topological polar surface area (TPSA) is 38.3 Å². The Labute approximate surface area is 87.2 Å². The summed E-state index contributed by atoms with van der Waals surface area (Å²) in [5, 5.41) is 3.34. The highest BCUT2D eigenvalue weighted by molar-refractivity contribution is 5.71. The normalized spacial score (nSPS) is 12.9. The van der Waals surface area contributed by atoms with E-state index in [0.29, 0.717) is 12.6 Å². The third-order valence-electron chi connectivity index (χ3n) is 2.07. The molecule has 3 nitrogen and oxygen atoms in total. The molecule has 0 aliphatic heterocycles. The maximum Gasteiger partial charge on any atom is 0.308 e. The third kappa shape index (κ3) is 5.97. The van der Waals surface area contributed by atoms with Gasteiger partial charge in [-0.2, -0.15) is 0 Å². The number of rotatable bonds is 7. The second kappa shape index (κ2) is 7.80. The summed E-state index contributed by atoms with van der Waals surface area (Å²) in [6, 6.07) is 0.303. The zero-order chi connectivity index (χ0) is 11.0. The SMILES string of the molecule is CCCNC(CC)COC(=O)C(C)C. The van der Waals surface area contributed by atoms with Crippen LogP contribution in [0.15, 0.2) is 0 Å². The summed E-state index contributed by atoms with van der Waals surface area (Å²) >= 11 is 0. The summed E-state index contributed by atoms with van der Waals surface area (Å²) in [6.45, 7) is 9.40. The summed E-state index contributed by atoms with van der Waals surface area (Å²) in [5.74, 6) is -0.138. The van der Waals surface area contributed by atoms with E-state index in [-0.39, 0.29) is 11.9 Å². The monoisotopic (exact) mass is 201 g/mol. The van der Waals surface area contributed by atoms with Crippen LogP contribution < -0.4 is 5.32 Å². The molecule has 0 aliphatic rings. The van der Waals surface area contributed by atoms with Crippen LogP contribution >= 0.6 is 0 Å². The molecule has 3 heteroatoms. The van der Waals surface area contributed by atoms with Crippen molar-refractivity contribution >= 4 is 5.97 Å². The van der Waals surface area contributed by atoms with Gasteiger partial charge in [0, 0.05) is 6.04 Å². The average molecular weight is 201 g/mol. The lowest BCUT2D eigenvalue weighted by atomic mass is 10.2. The van der Waals surface area contributed by atoms with Crippen LogP contribution in [0, 0.1) is 5.92 Å². The minimum Gasteiger partial charge on any atom is -0.464 e. The minimum absolute atomic E-state index is 0.0290. The number of carbonyl (C=O) groups is 1. The summed E-state index contributed by atoms with van der Waals surface area (Å²) in [5.41, 5.74) is 0. The maximum atomic E-state index is 11.2. The van der Waals surface area contributed by atoms with Crippen molar-refractivity contribution in [3.63, 3.8) is 0 Å². The molecule has 1 atom stereocenters. The predicted octanol–water partition coefficient (Wildman–Crippen LogP) is 1.96. The molecule has 1 unspecified atom stereocenters. The Bertz CT molecular complexity index is 157. The number of hydrogen-bond acceptors (Lipinski definition) is 3. The third-order valence-corrected chi connectivity index (χ3v) is 2.07. The molecule has 84 valence electrons. The van der Waals surface area contributed by atoms with E-state index in [2.05, 4.69) is 19.2 Å². The number of ether oxygens (including phenoxy) is 1. The van der Waals surface area contributed by atoms with Gasteiger partial charge in [-0.15, -0.1) is 0 Å². The second-order valence-electron chi connectivity index (χ2n) is 3.84. The van der Waals surface area contributed by atoms with Crippen molar-refractivity contribution in [2.75, 3.05) is 13.2 Å². The summed E-state index contributed by atoms with van der Waals surface area (Å²) in [4.78, 5) is 11.2. The molecule has 0 fully saturated rings. The molecular weight excluding hydrogens is 178 g/mol. The molecule has 0 rings (SSSR count). The van der Waals surface area contributed by atoms with Gasteiger partial charge in [0.15, 0.2) is 0 Å². The molecule has 0 heterocycles. The van der Waals surface area contributed by atoms with Crippen LogP contribution in [0.3, 0.4) is 0 Å². The van der Waals surface area contributed by atoms with E-state index < -0.39 is 0 Å². The molecule has 0 saturated heterocycles. The van der Waals surface area contributed by atoms with Gasteiger partial charge in [0.1, 0.15) is 6.61 Å². The van der Waals surface area contributed by atoms with Gasteiger partial charge in [0.2, 0.25) is 0 Å². The molecular formula is C11H23NO2. The molecule has 0 amide bonds. The molecule has 0 aliphatic carbocycles. The van der Waals surface area contributed by atoms with E-state index >= 15 is 0 Å². The van der Waals surface area contributed by atoms with Gasteiger partial charge in [0.05, 0.1) is 5.92 Å². The van der Waals surface area contributed by atoms with Gasteiger partial charge < -0.3 is 10.1 Å². The van der Waals surface area contributed by atoms with Crippen molar-refractivity contribution in [1.29, 1.82) is 0 Å². The smallest absolute Gasteiger partial charge is 0.308 e. The van der Waals surface area contributed by atoms with Crippen LogP contribution in [-0.4, -0.2) is 25.2 Å². The standard InChI is InChI=1S/C11H23NO2/c1-5-7-12-10(6-2)8-14-11(13)9(3)4/h9-10,12H,5-8H2,1-4H3. The van der Waals surface area contributed by atoms with Crippen LogP contribution in [-0.2, 0) is 9.53 Å². The van der Waals surface area contributed by atoms with Crippen molar-refractivity contribution in [3.8, 4) is 0 Å². The largest absolute Gasteiger partial charge is 0.464 e. The zero-order valence-electron chi connectivity index (χ0n) is 9.80. The highest BCUT2D eigenvalue weighted by Crippen LogP contribution is 1.99. The summed E-state index contributed by atoms with van der Waals surface area (Å²) < 4.78 is 5.15. The first-order valence-electron chi connectivity index (χ1n) is 5.51. The first-order valence-corrected chi connectivity index (χ1v) is 5.51. The second-order valence-corrected chi connectivity index (χ2v) is 3.84. The lowest BCUT2D eigenvalue weighted by molar-refractivity contribution is -0.148. The van der Waals surface area contributed by atoms with E-state index in [0.717, 1.165) is 19.4 Å². The van der Waals surface area contributed by atoms with Gasteiger partial charge in [-0.3, -0.25) is 4.79 Å². The van der Waals surface area contributed by atoms with Gasteiger partial charge in [-0.25, -0.2) is 0 Å². The molecule has 0 spiro atoms. The van der Waals surface area contributed by atoms with E-state index in [1.807, 2.05) is 13.8 Å². The van der Waals surface area contributed by atoms with E-state index in [9.17, 15) is 4.79 Å². The fourth-order valence-electron chi connectivity index (χ4n) is 1.02. The van der Waals surface area contributed by atoms with Crippen molar-refractivity contribution in [2.45, 2.75) is 46.6 Å². The lowest BCUT2D eigenvalue weighted by Crippen LogP contribution is -2.34. The fraction of sp³-hybridized carbons (Fsp3) is 0.909. The van der Waals surface area contributed by atoms with Gasteiger partial charge in [0.25, 0.3) is 0 Å². The van der Waals surface area contributed by atoms with Crippen LogP contribution in [0.2, 0.25) is 0 Å². The summed E-state index contributed by atoms with van der Waals surface area (Å²) in [7, 11) is 0. The number of nitrogens with one attached hydrogen (secondary N) is 1. The van der Waals surface area contributed by atoms with E-state index in [1.54, 1.807) is 0 Å². The first kappa shape index (κ1) is 13.4. The lowest BCUT2D eigenvalue weighted by Gasteiger charge is -2.17. The number of carbonyl (C=O) groups excluding carboxylic acids is 1. The molecule has 0 aromatic carbocycles. The van der Waals surface area contributed by atoms with Crippen LogP contribution in [0.1, 0.15) is 40.5 Å². The Morgan fingerprint density at radius 2 is 2.00 bits per heavy atom. The zero-order valence-corrected chi connectivity index (χ0v) is 9.80. The fourth-order valence-corrected chi connectivity index (χ4v) is 1.02. The minimum atomic E-state index is -0.109. The van der Waals surface area contributed by atoms with Crippen LogP contribution in [0.25, 0.3) is 0 Å². The van der Waals surface area contributed by atoms with Crippen molar-refractivity contribution < 1.29 is 9.53 Å². The van der Waals surface area contributed by atoms with E-state index in [4.69, 9.17) is 4.74 Å². The molecule has 1 N–H and O–H groups in total. The Kier molecular flexibility index (Phi) is 7.48. The van der Waals surface area contributed by atoms with Crippen LogP contribution in [0.4, 0.5) is 0 Å². The van der Waals surface area contributed by atoms with Gasteiger partial charge >= 0.3 is 5.97 Å². The van der Waals surface area contributed by atoms with Crippen LogP contribution in [0.5, 0.6) is 0 Å². The highest BCUT2D eigenvalue weighted by Gasteiger charge is 2.11. The molecule has 0 aromatic heterocycles. The van der Waals surface area contributed by atoms with E-state index in [1.165, 1.54) is 0 Å². The molecule has 0 bridgehead atoms. The highest BCUT2D eigenvalue weighted by atomic mass is 16.5. The predicted molar refractivity (Wildman–Crippen MR) is 58.2 cm³/mol. The average Bonchev–Trinajstić information content (AvgIpc) is 2.17. The van der Waals surface area contributed by atoms with Crippen molar-refractivity contribution in [2.24, 2.45) is 5.92 Å². The quantitative estimate of drug-likeness (QED) is 0.640. The Balaban J connectivity index is 3.66.